The van der Waals surface area contributed by atoms with Crippen molar-refractivity contribution in [3.05, 3.63) is 52.6 Å². The number of ether oxygens (including phenoxy) is 1. The minimum absolute atomic E-state index is 0.181. The molecule has 1 atom stereocenters. The lowest BCUT2D eigenvalue weighted by atomic mass is 9.99. The van der Waals surface area contributed by atoms with Crippen molar-refractivity contribution in [2.75, 3.05) is 31.2 Å². The molecule has 2 aliphatic rings. The van der Waals surface area contributed by atoms with Gasteiger partial charge >= 0.3 is 0 Å². The van der Waals surface area contributed by atoms with E-state index in [-0.39, 0.29) is 5.92 Å². The van der Waals surface area contributed by atoms with Gasteiger partial charge < -0.3 is 15.4 Å². The third-order valence-electron chi connectivity index (χ3n) is 5.29. The first kappa shape index (κ1) is 20.2. The molecule has 1 aliphatic heterocycles. The van der Waals surface area contributed by atoms with Crippen LogP contribution in [0.4, 0.5) is 5.82 Å². The average molecular weight is 420 g/mol. The number of carbonyl (C=O) groups is 1. The number of nitrogens with two attached hydrogens (primary N) is 1. The van der Waals surface area contributed by atoms with Crippen molar-refractivity contribution < 1.29 is 9.53 Å². The molecule has 0 radical (unpaired) electrons. The van der Waals surface area contributed by atoms with Crippen molar-refractivity contribution in [2.45, 2.75) is 29.0 Å². The number of nitriles is 2. The normalized spacial score (nSPS) is 17.1. The fraction of sp³-hybridized carbons (Fsp3) is 0.364. The number of hydrogen-bond acceptors (Lipinski definition) is 7. The summed E-state index contributed by atoms with van der Waals surface area (Å²) in [7, 11) is 0. The van der Waals surface area contributed by atoms with Gasteiger partial charge in [0.05, 0.1) is 24.3 Å². The van der Waals surface area contributed by atoms with Crippen LogP contribution in [0.2, 0.25) is 0 Å². The quantitative estimate of drug-likeness (QED) is 0.716. The van der Waals surface area contributed by atoms with Crippen LogP contribution in [-0.2, 0) is 9.53 Å². The van der Waals surface area contributed by atoms with Crippen LogP contribution in [-0.4, -0.2) is 37.2 Å². The highest BCUT2D eigenvalue weighted by atomic mass is 32.2. The van der Waals surface area contributed by atoms with Crippen molar-refractivity contribution in [3.63, 3.8) is 0 Å². The van der Waals surface area contributed by atoms with Crippen molar-refractivity contribution >= 4 is 23.5 Å². The maximum atomic E-state index is 12.3. The van der Waals surface area contributed by atoms with Crippen LogP contribution in [0.5, 0.6) is 0 Å². The molecular formula is C22H21N5O2S. The summed E-state index contributed by atoms with van der Waals surface area (Å²) in [6.07, 6.45) is 1.88. The highest BCUT2D eigenvalue weighted by molar-refractivity contribution is 8.00. The molecule has 1 aromatic carbocycles. The summed E-state index contributed by atoms with van der Waals surface area (Å²) in [5.74, 6) is 0.253. The number of anilines is 1. The predicted molar refractivity (Wildman–Crippen MR) is 113 cm³/mol. The number of amides is 1. The lowest BCUT2D eigenvalue weighted by molar-refractivity contribution is -0.117. The molecule has 0 spiro atoms. The molecule has 8 heteroatoms. The zero-order chi connectivity index (χ0) is 21.1. The van der Waals surface area contributed by atoms with Crippen molar-refractivity contribution in [2.24, 2.45) is 5.73 Å². The van der Waals surface area contributed by atoms with Crippen LogP contribution in [0, 0.1) is 22.7 Å². The first-order valence-electron chi connectivity index (χ1n) is 9.85. The first-order chi connectivity index (χ1) is 14.6. The number of thioether (sulfide) groups is 1. The van der Waals surface area contributed by atoms with E-state index >= 15 is 0 Å². The van der Waals surface area contributed by atoms with E-state index in [1.807, 2.05) is 35.2 Å². The van der Waals surface area contributed by atoms with E-state index < -0.39 is 11.2 Å². The van der Waals surface area contributed by atoms with E-state index in [0.717, 1.165) is 24.0 Å². The van der Waals surface area contributed by atoms with Crippen molar-refractivity contribution in [1.29, 1.82) is 10.5 Å². The van der Waals surface area contributed by atoms with Crippen LogP contribution in [0.25, 0.3) is 0 Å². The van der Waals surface area contributed by atoms with Gasteiger partial charge in [-0.1, -0.05) is 42.1 Å². The van der Waals surface area contributed by atoms with E-state index in [9.17, 15) is 15.3 Å². The maximum Gasteiger partial charge on any atom is 0.235 e. The van der Waals surface area contributed by atoms with Gasteiger partial charge in [0.2, 0.25) is 5.91 Å². The summed E-state index contributed by atoms with van der Waals surface area (Å²) in [6, 6.07) is 13.8. The van der Waals surface area contributed by atoms with Gasteiger partial charge in [-0.05, 0) is 29.9 Å². The average Bonchev–Trinajstić information content (AvgIpc) is 3.62. The van der Waals surface area contributed by atoms with Crippen LogP contribution >= 0.6 is 11.8 Å². The van der Waals surface area contributed by atoms with Gasteiger partial charge in [-0.3, -0.25) is 4.79 Å². The summed E-state index contributed by atoms with van der Waals surface area (Å²) < 4.78 is 5.44. The number of benzene rings is 1. The van der Waals surface area contributed by atoms with Gasteiger partial charge in [-0.15, -0.1) is 0 Å². The van der Waals surface area contributed by atoms with Crippen molar-refractivity contribution in [1.82, 2.24) is 4.98 Å². The summed E-state index contributed by atoms with van der Waals surface area (Å²) in [6.45, 7) is 2.36. The SMILES string of the molecule is N#Cc1c(SC(C(N)=O)c2ccccc2)nc(N2CCOCC2)c(C#N)c1C1CC1. The van der Waals surface area contributed by atoms with Crippen LogP contribution in [0.15, 0.2) is 35.4 Å². The molecule has 2 fully saturated rings. The van der Waals surface area contributed by atoms with Gasteiger partial charge in [0.1, 0.15) is 28.2 Å². The molecule has 1 amide bonds. The van der Waals surface area contributed by atoms with Crippen LogP contribution in [0.1, 0.15) is 46.3 Å². The number of pyridine rings is 1. The highest BCUT2D eigenvalue weighted by Crippen LogP contribution is 2.48. The zero-order valence-corrected chi connectivity index (χ0v) is 17.2. The molecule has 0 bridgehead atoms. The fourth-order valence-electron chi connectivity index (χ4n) is 3.69. The summed E-state index contributed by atoms with van der Waals surface area (Å²) >= 11 is 1.18. The Morgan fingerprint density at radius 2 is 1.83 bits per heavy atom. The molecule has 2 heterocycles. The van der Waals surface area contributed by atoms with Gasteiger partial charge in [0, 0.05) is 13.1 Å². The number of hydrogen-bond donors (Lipinski definition) is 1. The number of nitrogens with zero attached hydrogens (tertiary/aromatic N) is 4. The largest absolute Gasteiger partial charge is 0.378 e. The number of primary amides is 1. The second-order valence-electron chi connectivity index (χ2n) is 7.31. The second kappa shape index (κ2) is 8.74. The van der Waals surface area contributed by atoms with Gasteiger partial charge in [0.15, 0.2) is 0 Å². The molecule has 1 saturated carbocycles. The third kappa shape index (κ3) is 3.97. The summed E-state index contributed by atoms with van der Waals surface area (Å²) in [5.41, 5.74) is 8.08. The Hall–Kier alpha value is -3.07. The Morgan fingerprint density at radius 1 is 1.17 bits per heavy atom. The number of aromatic nitrogens is 1. The van der Waals surface area contributed by atoms with E-state index in [2.05, 4.69) is 12.1 Å². The Labute approximate surface area is 179 Å². The highest BCUT2D eigenvalue weighted by Gasteiger charge is 2.35. The molecule has 2 aromatic rings. The number of morpholine rings is 1. The molecule has 1 unspecified atom stereocenters. The number of rotatable bonds is 6. The molecular weight excluding hydrogens is 398 g/mol. The topological polar surface area (TPSA) is 116 Å². The molecule has 2 N–H and O–H groups in total. The van der Waals surface area contributed by atoms with Crippen LogP contribution < -0.4 is 10.6 Å². The molecule has 30 heavy (non-hydrogen) atoms. The van der Waals surface area contributed by atoms with Gasteiger partial charge in [-0.25, -0.2) is 4.98 Å². The Kier molecular flexibility index (Phi) is 5.89. The Morgan fingerprint density at radius 3 is 2.40 bits per heavy atom. The van der Waals surface area contributed by atoms with Gasteiger partial charge in [0.25, 0.3) is 0 Å². The standard InChI is InChI=1S/C22H21N5O2S/c23-12-16-18(14-6-7-14)17(13-24)22(26-21(16)27-8-10-29-11-9-27)30-19(20(25)28)15-4-2-1-3-5-15/h1-5,14,19H,6-11H2,(H2,25,28). The Balaban J connectivity index is 1.84. The van der Waals surface area contributed by atoms with E-state index in [4.69, 9.17) is 15.5 Å². The first-order valence-corrected chi connectivity index (χ1v) is 10.7. The van der Waals surface area contributed by atoms with E-state index in [1.54, 1.807) is 0 Å². The second-order valence-corrected chi connectivity index (χ2v) is 8.41. The summed E-state index contributed by atoms with van der Waals surface area (Å²) in [5, 5.41) is 19.7. The van der Waals surface area contributed by atoms with E-state index in [0.29, 0.717) is 48.3 Å². The molecule has 1 saturated heterocycles. The maximum absolute atomic E-state index is 12.3. The monoisotopic (exact) mass is 419 g/mol. The fourth-order valence-corrected chi connectivity index (χ4v) is 4.73. The van der Waals surface area contributed by atoms with Gasteiger partial charge in [-0.2, -0.15) is 10.5 Å². The molecule has 152 valence electrons. The molecule has 7 nitrogen and oxygen atoms in total. The lowest BCUT2D eigenvalue weighted by Gasteiger charge is -2.30. The zero-order valence-electron chi connectivity index (χ0n) is 16.4. The third-order valence-corrected chi connectivity index (χ3v) is 6.55. The van der Waals surface area contributed by atoms with E-state index in [1.165, 1.54) is 11.8 Å². The minimum atomic E-state index is -0.677. The smallest absolute Gasteiger partial charge is 0.235 e. The minimum Gasteiger partial charge on any atom is -0.378 e. The number of carbonyl (C=O) groups excluding carboxylic acids is 1. The molecule has 1 aromatic heterocycles. The Bertz CT molecular complexity index is 1030. The van der Waals surface area contributed by atoms with Crippen LogP contribution in [0.3, 0.4) is 0 Å². The van der Waals surface area contributed by atoms with Crippen molar-refractivity contribution in [3.8, 4) is 12.1 Å². The lowest BCUT2D eigenvalue weighted by Crippen LogP contribution is -2.37. The summed E-state index contributed by atoms with van der Waals surface area (Å²) in [4.78, 5) is 19.0. The molecule has 4 rings (SSSR count). The predicted octanol–water partition coefficient (Wildman–Crippen LogP) is 2.86. The molecule has 1 aliphatic carbocycles.